The maximum atomic E-state index is 13.4. The van der Waals surface area contributed by atoms with Crippen molar-refractivity contribution in [1.29, 1.82) is 0 Å². The van der Waals surface area contributed by atoms with E-state index >= 15 is 0 Å². The topological polar surface area (TPSA) is 61.9 Å². The van der Waals surface area contributed by atoms with Gasteiger partial charge < -0.3 is 9.64 Å². The van der Waals surface area contributed by atoms with E-state index < -0.39 is 11.8 Å². The summed E-state index contributed by atoms with van der Waals surface area (Å²) in [5.41, 5.74) is 4.66. The molecule has 4 rings (SSSR count). The molecule has 1 N–H and O–H groups in total. The van der Waals surface area contributed by atoms with Gasteiger partial charge in [0.2, 0.25) is 0 Å². The second kappa shape index (κ2) is 9.06. The monoisotopic (exact) mass is 475 g/mol. The molecular weight excluding hydrogens is 446 g/mol. The van der Waals surface area contributed by atoms with Gasteiger partial charge in [-0.25, -0.2) is 0 Å². The van der Waals surface area contributed by atoms with E-state index in [-0.39, 0.29) is 16.2 Å². The number of allylic oxidation sites excluding steroid dienone is 1. The van der Waals surface area contributed by atoms with E-state index in [1.54, 1.807) is 24.3 Å². The van der Waals surface area contributed by atoms with Crippen LogP contribution in [0, 0.1) is 0 Å². The predicted octanol–water partition coefficient (Wildman–Crippen LogP) is 4.94. The molecule has 0 spiro atoms. The number of nitrogens with one attached hydrogen (secondary N) is 1. The molecule has 2 amide bonds. The Bertz CT molecular complexity index is 1250. The van der Waals surface area contributed by atoms with Crippen LogP contribution in [0.1, 0.15) is 45.7 Å². The molecule has 0 saturated carbocycles. The van der Waals surface area contributed by atoms with Crippen molar-refractivity contribution >= 4 is 52.2 Å². The molecule has 7 heteroatoms. The second-order valence-electron chi connectivity index (χ2n) is 8.89. The van der Waals surface area contributed by atoms with Crippen LogP contribution in [-0.2, 0) is 9.59 Å². The van der Waals surface area contributed by atoms with Crippen molar-refractivity contribution in [2.45, 2.75) is 40.2 Å². The van der Waals surface area contributed by atoms with Gasteiger partial charge in [0, 0.05) is 23.9 Å². The minimum atomic E-state index is -0.506. The lowest BCUT2D eigenvalue weighted by Crippen LogP contribution is -2.54. The molecule has 6 nitrogen and oxygen atoms in total. The van der Waals surface area contributed by atoms with Crippen LogP contribution in [-0.4, -0.2) is 35.6 Å². The predicted molar refractivity (Wildman–Crippen MR) is 141 cm³/mol. The normalized spacial score (nSPS) is 18.6. The lowest BCUT2D eigenvalue weighted by atomic mass is 9.88. The van der Waals surface area contributed by atoms with Crippen LogP contribution < -0.4 is 19.9 Å². The molecule has 2 heterocycles. The van der Waals surface area contributed by atoms with Crippen molar-refractivity contribution in [3.05, 3.63) is 65.2 Å². The number of ether oxygens (including phenoxy) is 1. The van der Waals surface area contributed by atoms with Crippen LogP contribution in [0.2, 0.25) is 0 Å². The molecule has 0 bridgehead atoms. The standard InChI is InChI=1S/C27H29N3O3S/c1-6-29-23-12-11-18(13-21(23)17(3)16-27(29,4)5)14-22-24(31)28-26(34)30(25(22)32)19-9-8-10-20(15-19)33-7-2/h8-16H,6-7H2,1-5H3,(H,28,31,34)/b22-14-. The number of hydrogen-bond donors (Lipinski definition) is 1. The number of thiocarbonyl (C=S) groups is 1. The Labute approximate surface area is 205 Å². The molecule has 2 aromatic rings. The quantitative estimate of drug-likeness (QED) is 0.377. The van der Waals surface area contributed by atoms with Crippen molar-refractivity contribution in [3.63, 3.8) is 0 Å². The molecule has 2 aliphatic rings. The first kappa shape index (κ1) is 23.7. The fraction of sp³-hybridized carbons (Fsp3) is 0.296. The number of hydrogen-bond acceptors (Lipinski definition) is 5. The Kier molecular flexibility index (Phi) is 6.32. The van der Waals surface area contributed by atoms with Crippen LogP contribution in [0.5, 0.6) is 5.75 Å². The Morgan fingerprint density at radius 2 is 1.88 bits per heavy atom. The molecule has 34 heavy (non-hydrogen) atoms. The maximum absolute atomic E-state index is 13.4. The number of nitrogens with zero attached hydrogens (tertiary/aromatic N) is 2. The lowest BCUT2D eigenvalue weighted by molar-refractivity contribution is -0.122. The van der Waals surface area contributed by atoms with E-state index in [1.807, 2.05) is 25.1 Å². The van der Waals surface area contributed by atoms with Gasteiger partial charge in [-0.15, -0.1) is 0 Å². The average molecular weight is 476 g/mol. The second-order valence-corrected chi connectivity index (χ2v) is 9.28. The number of carbonyl (C=O) groups excluding carboxylic acids is 2. The zero-order valence-electron chi connectivity index (χ0n) is 20.1. The van der Waals surface area contributed by atoms with Crippen molar-refractivity contribution in [2.75, 3.05) is 23.0 Å². The van der Waals surface area contributed by atoms with E-state index in [0.29, 0.717) is 18.0 Å². The van der Waals surface area contributed by atoms with Gasteiger partial charge in [0.1, 0.15) is 11.3 Å². The van der Waals surface area contributed by atoms with Crippen LogP contribution in [0.4, 0.5) is 11.4 Å². The van der Waals surface area contributed by atoms with E-state index in [9.17, 15) is 9.59 Å². The van der Waals surface area contributed by atoms with Gasteiger partial charge in [-0.3, -0.25) is 19.8 Å². The minimum absolute atomic E-state index is 0.0282. The van der Waals surface area contributed by atoms with Crippen molar-refractivity contribution in [1.82, 2.24) is 5.32 Å². The third kappa shape index (κ3) is 4.23. The van der Waals surface area contributed by atoms with Gasteiger partial charge in [-0.1, -0.05) is 18.2 Å². The fourth-order valence-electron chi connectivity index (χ4n) is 4.71. The fourth-order valence-corrected chi connectivity index (χ4v) is 4.99. The Balaban J connectivity index is 1.72. The zero-order chi connectivity index (χ0) is 24.6. The molecule has 176 valence electrons. The number of carbonyl (C=O) groups is 2. The van der Waals surface area contributed by atoms with E-state index in [1.165, 1.54) is 10.5 Å². The Hall–Kier alpha value is -3.45. The highest BCUT2D eigenvalue weighted by Gasteiger charge is 2.35. The van der Waals surface area contributed by atoms with Crippen molar-refractivity contribution in [3.8, 4) is 5.75 Å². The summed E-state index contributed by atoms with van der Waals surface area (Å²) in [6, 6.07) is 13.1. The van der Waals surface area contributed by atoms with Crippen LogP contribution in [0.25, 0.3) is 11.6 Å². The number of likely N-dealkylation sites (N-methyl/N-ethyl adjacent to an activating group) is 1. The third-order valence-corrected chi connectivity index (χ3v) is 6.40. The molecule has 1 saturated heterocycles. The summed E-state index contributed by atoms with van der Waals surface area (Å²) in [6.07, 6.45) is 3.88. The summed E-state index contributed by atoms with van der Waals surface area (Å²) in [5, 5.41) is 2.69. The summed E-state index contributed by atoms with van der Waals surface area (Å²) in [5.74, 6) is -0.351. The SMILES string of the molecule is CCOc1cccc(N2C(=O)/C(=C\c3ccc4c(c3)C(C)=CC(C)(C)N4CC)C(=O)NC2=S)c1. The molecule has 1 fully saturated rings. The third-order valence-electron chi connectivity index (χ3n) is 6.12. The Morgan fingerprint density at radius 1 is 1.12 bits per heavy atom. The Morgan fingerprint density at radius 3 is 2.59 bits per heavy atom. The first-order valence-corrected chi connectivity index (χ1v) is 11.8. The summed E-state index contributed by atoms with van der Waals surface area (Å²) in [4.78, 5) is 29.8. The zero-order valence-corrected chi connectivity index (χ0v) is 21.0. The molecular formula is C27H29N3O3S. The number of rotatable bonds is 5. The number of benzene rings is 2. The van der Waals surface area contributed by atoms with Gasteiger partial charge in [-0.05, 0) is 88.3 Å². The van der Waals surface area contributed by atoms with Crippen molar-refractivity contribution in [2.24, 2.45) is 0 Å². The molecule has 0 radical (unpaired) electrons. The van der Waals surface area contributed by atoms with E-state index in [4.69, 9.17) is 17.0 Å². The summed E-state index contributed by atoms with van der Waals surface area (Å²) in [7, 11) is 0. The number of anilines is 2. The lowest BCUT2D eigenvalue weighted by Gasteiger charge is -2.42. The molecule has 2 aliphatic heterocycles. The van der Waals surface area contributed by atoms with Gasteiger partial charge in [0.25, 0.3) is 11.8 Å². The molecule has 2 aromatic carbocycles. The smallest absolute Gasteiger partial charge is 0.270 e. The highest BCUT2D eigenvalue weighted by atomic mass is 32.1. The number of amides is 2. The highest BCUT2D eigenvalue weighted by Crippen LogP contribution is 2.39. The van der Waals surface area contributed by atoms with E-state index in [0.717, 1.165) is 23.4 Å². The van der Waals surface area contributed by atoms with Gasteiger partial charge in [-0.2, -0.15) is 0 Å². The first-order chi connectivity index (χ1) is 16.2. The highest BCUT2D eigenvalue weighted by molar-refractivity contribution is 7.80. The van der Waals surface area contributed by atoms with Crippen LogP contribution in [0.15, 0.2) is 54.1 Å². The summed E-state index contributed by atoms with van der Waals surface area (Å²) < 4.78 is 5.55. The molecule has 0 aromatic heterocycles. The summed E-state index contributed by atoms with van der Waals surface area (Å²) >= 11 is 5.32. The number of fused-ring (bicyclic) bond motifs is 1. The molecule has 0 unspecified atom stereocenters. The van der Waals surface area contributed by atoms with Crippen LogP contribution >= 0.6 is 12.2 Å². The maximum Gasteiger partial charge on any atom is 0.270 e. The minimum Gasteiger partial charge on any atom is -0.494 e. The van der Waals surface area contributed by atoms with Crippen LogP contribution in [0.3, 0.4) is 0 Å². The van der Waals surface area contributed by atoms with Gasteiger partial charge >= 0.3 is 0 Å². The van der Waals surface area contributed by atoms with Crippen molar-refractivity contribution < 1.29 is 14.3 Å². The largest absolute Gasteiger partial charge is 0.494 e. The first-order valence-electron chi connectivity index (χ1n) is 11.4. The molecule has 0 aliphatic carbocycles. The van der Waals surface area contributed by atoms with E-state index in [2.05, 4.69) is 50.1 Å². The van der Waals surface area contributed by atoms with Gasteiger partial charge in [0.05, 0.1) is 17.8 Å². The average Bonchev–Trinajstić information content (AvgIpc) is 2.77. The molecule has 0 atom stereocenters. The summed E-state index contributed by atoms with van der Waals surface area (Å²) in [6.45, 7) is 11.9. The van der Waals surface area contributed by atoms with Gasteiger partial charge in [0.15, 0.2) is 5.11 Å².